The van der Waals surface area contributed by atoms with Gasteiger partial charge in [-0.1, -0.05) is 52.7 Å². The predicted octanol–water partition coefficient (Wildman–Crippen LogP) is 7.46. The molecule has 11 atom stereocenters. The van der Waals surface area contributed by atoms with Crippen LogP contribution in [-0.2, 0) is 24.5 Å². The van der Waals surface area contributed by atoms with Crippen LogP contribution in [0.1, 0.15) is 92.4 Å². The van der Waals surface area contributed by atoms with E-state index in [0.29, 0.717) is 29.0 Å². The quantitative estimate of drug-likeness (QED) is 0.246. The van der Waals surface area contributed by atoms with Gasteiger partial charge in [-0.3, -0.25) is 0 Å². The molecule has 0 aromatic heterocycles. The van der Waals surface area contributed by atoms with Crippen LogP contribution < -0.4 is 0 Å². The summed E-state index contributed by atoms with van der Waals surface area (Å²) in [5.74, 6) is 5.71. The second-order valence-corrected chi connectivity index (χ2v) is 12.7. The maximum atomic E-state index is 6.79. The van der Waals surface area contributed by atoms with E-state index in [4.69, 9.17) is 4.74 Å². The Labute approximate surface area is 199 Å². The molecular weight excluding hydrogens is 543 g/mol. The molecule has 0 spiro atoms. The zero-order valence-electron chi connectivity index (χ0n) is 20.1. The standard InChI is InChI=1S/C28H45O.Os/c1-17(2)7-10-24-19(4)26-25(29-24)16-23-21-9-8-20-15-18(3)11-13-27(20,5)22(21)12-14-28(23,26)6;/h8,17-19,21-26H,1,7,9-16H2,2-6H3;/q-1;+1/t17-,18?,19-,21-,22+,23+,24-,25-,26?,27+,28+;/m1./s1. The number of hydrogen-bond donors (Lipinski definition) is 0. The van der Waals surface area contributed by atoms with Crippen LogP contribution in [-0.4, -0.2) is 12.2 Å². The number of hydrogen-bond acceptors (Lipinski definition) is 1. The summed E-state index contributed by atoms with van der Waals surface area (Å²) >= 11 is 0. The molecule has 2 unspecified atom stereocenters. The second-order valence-electron chi connectivity index (χ2n) is 12.7. The van der Waals surface area contributed by atoms with Gasteiger partial charge in [-0.2, -0.15) is 5.92 Å². The first kappa shape index (κ1) is 23.5. The summed E-state index contributed by atoms with van der Waals surface area (Å²) in [7, 11) is 0. The van der Waals surface area contributed by atoms with Crippen molar-refractivity contribution in [3.8, 4) is 0 Å². The molecule has 5 aliphatic rings. The molecule has 1 heterocycles. The Balaban J connectivity index is 0.00000218. The van der Waals surface area contributed by atoms with Crippen LogP contribution >= 0.6 is 0 Å². The number of allylic oxidation sites excluding steroid dienone is 2. The van der Waals surface area contributed by atoms with Crippen LogP contribution in [0.2, 0.25) is 0 Å². The molecule has 4 fully saturated rings. The molecule has 0 aromatic rings. The van der Waals surface area contributed by atoms with E-state index in [2.05, 4.69) is 47.6 Å². The summed E-state index contributed by atoms with van der Waals surface area (Å²) in [6.45, 7) is 16.8. The van der Waals surface area contributed by atoms with Crippen molar-refractivity contribution >= 4 is 0 Å². The van der Waals surface area contributed by atoms with E-state index in [9.17, 15) is 0 Å². The van der Waals surface area contributed by atoms with Gasteiger partial charge in [0.2, 0.25) is 0 Å². The van der Waals surface area contributed by atoms with Crippen molar-refractivity contribution in [2.24, 2.45) is 52.3 Å². The molecule has 171 valence electrons. The number of fused-ring (bicyclic) bond motifs is 7. The van der Waals surface area contributed by atoms with E-state index in [1.54, 1.807) is 0 Å². The van der Waals surface area contributed by atoms with Crippen molar-refractivity contribution in [2.75, 3.05) is 0 Å². The third kappa shape index (κ3) is 3.45. The van der Waals surface area contributed by atoms with Gasteiger partial charge in [-0.15, -0.1) is 0 Å². The van der Waals surface area contributed by atoms with Gasteiger partial charge in [0.25, 0.3) is 0 Å². The molecule has 0 bridgehead atoms. The molecule has 3 saturated carbocycles. The maximum Gasteiger partial charge on any atom is 1.00 e. The summed E-state index contributed by atoms with van der Waals surface area (Å²) < 4.78 is 6.79. The Morgan fingerprint density at radius 2 is 1.93 bits per heavy atom. The van der Waals surface area contributed by atoms with Gasteiger partial charge in [-0.25, -0.2) is 0 Å². The molecule has 30 heavy (non-hydrogen) atoms. The summed E-state index contributed by atoms with van der Waals surface area (Å²) in [5.41, 5.74) is 2.86. The van der Waals surface area contributed by atoms with Crippen LogP contribution in [0.5, 0.6) is 0 Å². The predicted molar refractivity (Wildman–Crippen MR) is 121 cm³/mol. The van der Waals surface area contributed by atoms with Crippen molar-refractivity contribution in [3.63, 3.8) is 0 Å². The molecule has 1 saturated heterocycles. The summed E-state index contributed by atoms with van der Waals surface area (Å²) in [6, 6.07) is 0. The molecular formula is C28H45OOs. The molecule has 0 aromatic carbocycles. The molecule has 0 N–H and O–H groups in total. The summed E-state index contributed by atoms with van der Waals surface area (Å²) in [6.07, 6.45) is 16.1. The number of rotatable bonds is 3. The van der Waals surface area contributed by atoms with E-state index < -0.39 is 0 Å². The first-order valence-electron chi connectivity index (χ1n) is 12.9. The van der Waals surface area contributed by atoms with Crippen LogP contribution in [0.3, 0.4) is 0 Å². The SMILES string of the molecule is [CH2-][C@H](C)CC[C@H]1O[C@@H]2C[C@H]3[C@@H]4CC=C5CC(C)CC[C@]5(C)[C@H]4CC[C@]3(C)C2[C@@H]1C.[Os+]. The van der Waals surface area contributed by atoms with Crippen molar-refractivity contribution in [1.82, 2.24) is 0 Å². The summed E-state index contributed by atoms with van der Waals surface area (Å²) in [4.78, 5) is 0. The molecule has 4 aliphatic carbocycles. The normalized spacial score (nSPS) is 52.9. The fourth-order valence-corrected chi connectivity index (χ4v) is 9.31. The smallest absolute Gasteiger partial charge is 0.374 e. The van der Waals surface area contributed by atoms with Gasteiger partial charge in [0.15, 0.2) is 0 Å². The molecule has 1 aliphatic heterocycles. The van der Waals surface area contributed by atoms with Gasteiger partial charge in [0.1, 0.15) is 0 Å². The first-order chi connectivity index (χ1) is 13.7. The Bertz CT molecular complexity index is 670. The Morgan fingerprint density at radius 3 is 2.67 bits per heavy atom. The van der Waals surface area contributed by atoms with E-state index >= 15 is 0 Å². The van der Waals surface area contributed by atoms with E-state index in [1.165, 1.54) is 57.8 Å². The average Bonchev–Trinajstić information content (AvgIpc) is 3.14. The molecule has 0 amide bonds. The summed E-state index contributed by atoms with van der Waals surface area (Å²) in [5, 5.41) is 0. The van der Waals surface area contributed by atoms with Gasteiger partial charge >= 0.3 is 19.8 Å². The third-order valence-corrected chi connectivity index (χ3v) is 10.9. The molecule has 5 rings (SSSR count). The topological polar surface area (TPSA) is 9.23 Å². The van der Waals surface area contributed by atoms with Crippen molar-refractivity contribution in [3.05, 3.63) is 18.6 Å². The Hall–Kier alpha value is 0.336. The van der Waals surface area contributed by atoms with Gasteiger partial charge in [0, 0.05) is 0 Å². The maximum absolute atomic E-state index is 6.79. The van der Waals surface area contributed by atoms with E-state index in [1.807, 2.05) is 5.57 Å². The minimum Gasteiger partial charge on any atom is -0.374 e. The van der Waals surface area contributed by atoms with E-state index in [0.717, 1.165) is 35.5 Å². The van der Waals surface area contributed by atoms with Gasteiger partial charge in [-0.05, 0) is 97.7 Å². The van der Waals surface area contributed by atoms with Crippen molar-refractivity contribution in [2.45, 2.75) is 105 Å². The molecule has 1 nitrogen and oxygen atoms in total. The largest absolute Gasteiger partial charge is 1.00 e. The zero-order valence-corrected chi connectivity index (χ0v) is 22.6. The van der Waals surface area contributed by atoms with Crippen LogP contribution in [0.4, 0.5) is 0 Å². The molecule has 2 heteroatoms. The third-order valence-electron chi connectivity index (χ3n) is 10.9. The van der Waals surface area contributed by atoms with Crippen molar-refractivity contribution < 1.29 is 24.5 Å². The van der Waals surface area contributed by atoms with Crippen molar-refractivity contribution in [1.29, 1.82) is 0 Å². The fraction of sp³-hybridized carbons (Fsp3) is 0.893. The second kappa shape index (κ2) is 8.28. The van der Waals surface area contributed by atoms with Gasteiger partial charge in [0.05, 0.1) is 12.2 Å². The van der Waals surface area contributed by atoms with Gasteiger partial charge < -0.3 is 11.7 Å². The van der Waals surface area contributed by atoms with Crippen LogP contribution in [0, 0.1) is 59.2 Å². The Kier molecular flexibility index (Phi) is 6.48. The Morgan fingerprint density at radius 1 is 1.17 bits per heavy atom. The van der Waals surface area contributed by atoms with E-state index in [-0.39, 0.29) is 19.8 Å². The van der Waals surface area contributed by atoms with Crippen LogP contribution in [0.15, 0.2) is 11.6 Å². The molecule has 1 radical (unpaired) electrons. The average molecular weight is 588 g/mol. The number of ether oxygens (including phenoxy) is 1. The zero-order chi connectivity index (χ0) is 20.6. The minimum atomic E-state index is 0. The fourth-order valence-electron chi connectivity index (χ4n) is 9.31. The minimum absolute atomic E-state index is 0. The van der Waals surface area contributed by atoms with Crippen LogP contribution in [0.25, 0.3) is 0 Å². The monoisotopic (exact) mass is 589 g/mol. The first-order valence-corrected chi connectivity index (χ1v) is 12.9.